The highest BCUT2D eigenvalue weighted by atomic mass is 16.3. The molecule has 2 rings (SSSR count). The van der Waals surface area contributed by atoms with Crippen LogP contribution in [-0.4, -0.2) is 66.2 Å². The van der Waals surface area contributed by atoms with Crippen LogP contribution in [0.1, 0.15) is 25.7 Å². The van der Waals surface area contributed by atoms with E-state index in [-0.39, 0.29) is 12.0 Å². The second-order valence-corrected chi connectivity index (χ2v) is 5.88. The topological polar surface area (TPSA) is 69.8 Å². The monoisotopic (exact) mass is 255 g/mol. The Morgan fingerprint density at radius 1 is 1.39 bits per heavy atom. The Morgan fingerprint density at radius 3 is 2.56 bits per heavy atom. The van der Waals surface area contributed by atoms with E-state index >= 15 is 0 Å². The third-order valence-electron chi connectivity index (χ3n) is 4.16. The number of likely N-dealkylation sites (N-methyl/N-ethyl adjacent to an activating group) is 1. The Kier molecular flexibility index (Phi) is 4.59. The molecular weight excluding hydrogens is 230 g/mol. The Morgan fingerprint density at radius 2 is 2.00 bits per heavy atom. The number of nitrogens with zero attached hydrogens (tertiary/aromatic N) is 2. The molecule has 5 nitrogen and oxygen atoms in total. The first kappa shape index (κ1) is 13.8. The van der Waals surface area contributed by atoms with Gasteiger partial charge in [0.1, 0.15) is 0 Å². The van der Waals surface area contributed by atoms with E-state index in [0.29, 0.717) is 18.5 Å². The van der Waals surface area contributed by atoms with E-state index in [1.54, 1.807) is 0 Å². The second-order valence-electron chi connectivity index (χ2n) is 5.88. The minimum atomic E-state index is -0.137. The Hall–Kier alpha value is -0.650. The number of carbonyl (C=O) groups is 1. The molecule has 0 aromatic carbocycles. The van der Waals surface area contributed by atoms with Gasteiger partial charge in [-0.2, -0.15) is 0 Å². The number of nitrogens with two attached hydrogens (primary N) is 1. The number of aliphatic hydroxyl groups excluding tert-OH is 1. The summed E-state index contributed by atoms with van der Waals surface area (Å²) in [5, 5.41) is 9.23. The van der Waals surface area contributed by atoms with Crippen molar-refractivity contribution >= 4 is 5.91 Å². The van der Waals surface area contributed by atoms with Crippen molar-refractivity contribution in [1.82, 2.24) is 9.80 Å². The Bertz CT molecular complexity index is 284. The third kappa shape index (κ3) is 3.67. The van der Waals surface area contributed by atoms with Gasteiger partial charge in [0.05, 0.1) is 12.6 Å². The molecule has 2 fully saturated rings. The zero-order chi connectivity index (χ0) is 13.1. The SMILES string of the molecule is CN(CC1CC(O)C1)C(=O)CN1CCC(N)CC1. The molecule has 1 amide bonds. The lowest BCUT2D eigenvalue weighted by molar-refractivity contribution is -0.133. The number of aliphatic hydroxyl groups is 1. The zero-order valence-corrected chi connectivity index (χ0v) is 11.2. The van der Waals surface area contributed by atoms with Crippen LogP contribution >= 0.6 is 0 Å². The van der Waals surface area contributed by atoms with Crippen LogP contribution in [0.3, 0.4) is 0 Å². The number of likely N-dealkylation sites (tertiary alicyclic amines) is 1. The Balaban J connectivity index is 1.67. The van der Waals surface area contributed by atoms with Crippen LogP contribution in [-0.2, 0) is 4.79 Å². The largest absolute Gasteiger partial charge is 0.393 e. The maximum absolute atomic E-state index is 12.0. The van der Waals surface area contributed by atoms with Gasteiger partial charge in [0.25, 0.3) is 0 Å². The standard InChI is InChI=1S/C13H25N3O2/c1-15(8-10-6-12(17)7-10)13(18)9-16-4-2-11(14)3-5-16/h10-12,17H,2-9,14H2,1H3. The van der Waals surface area contributed by atoms with E-state index in [9.17, 15) is 9.90 Å². The highest BCUT2D eigenvalue weighted by Gasteiger charge is 2.29. The van der Waals surface area contributed by atoms with E-state index in [1.807, 2.05) is 11.9 Å². The fourth-order valence-electron chi connectivity index (χ4n) is 2.76. The third-order valence-corrected chi connectivity index (χ3v) is 4.16. The number of hydrogen-bond donors (Lipinski definition) is 2. The van der Waals surface area contributed by atoms with Gasteiger partial charge in [-0.25, -0.2) is 0 Å². The van der Waals surface area contributed by atoms with Crippen LogP contribution in [0, 0.1) is 5.92 Å². The molecule has 18 heavy (non-hydrogen) atoms. The van der Waals surface area contributed by atoms with Crippen molar-refractivity contribution in [3.05, 3.63) is 0 Å². The molecule has 2 aliphatic rings. The van der Waals surface area contributed by atoms with Crippen LogP contribution in [0.15, 0.2) is 0 Å². The molecule has 104 valence electrons. The summed E-state index contributed by atoms with van der Waals surface area (Å²) in [5.41, 5.74) is 5.85. The van der Waals surface area contributed by atoms with Gasteiger partial charge in [-0.3, -0.25) is 9.69 Å². The van der Waals surface area contributed by atoms with Crippen molar-refractivity contribution < 1.29 is 9.90 Å². The molecule has 1 aliphatic heterocycles. The maximum Gasteiger partial charge on any atom is 0.236 e. The molecule has 0 radical (unpaired) electrons. The summed E-state index contributed by atoms with van der Waals surface area (Å²) in [6.45, 7) is 3.16. The zero-order valence-electron chi connectivity index (χ0n) is 11.2. The summed E-state index contributed by atoms with van der Waals surface area (Å²) < 4.78 is 0. The van der Waals surface area contributed by atoms with Gasteiger partial charge < -0.3 is 15.7 Å². The van der Waals surface area contributed by atoms with E-state index in [0.717, 1.165) is 45.3 Å². The Labute approximate surface area is 109 Å². The average Bonchev–Trinajstić information content (AvgIpc) is 2.30. The first-order valence-electron chi connectivity index (χ1n) is 6.94. The molecule has 1 aliphatic carbocycles. The van der Waals surface area contributed by atoms with E-state index in [4.69, 9.17) is 5.73 Å². The molecule has 3 N–H and O–H groups in total. The summed E-state index contributed by atoms with van der Waals surface area (Å²) >= 11 is 0. The average molecular weight is 255 g/mol. The van der Waals surface area contributed by atoms with Crippen molar-refractivity contribution in [3.8, 4) is 0 Å². The minimum Gasteiger partial charge on any atom is -0.393 e. The lowest BCUT2D eigenvalue weighted by Crippen LogP contribution is -2.46. The summed E-state index contributed by atoms with van der Waals surface area (Å²) in [6.07, 6.45) is 3.53. The van der Waals surface area contributed by atoms with Crippen molar-refractivity contribution in [2.45, 2.75) is 37.8 Å². The molecule has 1 saturated heterocycles. The predicted molar refractivity (Wildman–Crippen MR) is 70.0 cm³/mol. The number of carbonyl (C=O) groups excluding carboxylic acids is 1. The van der Waals surface area contributed by atoms with Crippen LogP contribution in [0.4, 0.5) is 0 Å². The minimum absolute atomic E-state index is 0.137. The quantitative estimate of drug-likeness (QED) is 0.720. The number of piperidine rings is 1. The molecule has 0 aromatic heterocycles. The number of amides is 1. The summed E-state index contributed by atoms with van der Waals surface area (Å²) in [7, 11) is 1.86. The summed E-state index contributed by atoms with van der Waals surface area (Å²) in [4.78, 5) is 16.0. The summed E-state index contributed by atoms with van der Waals surface area (Å²) in [6, 6.07) is 0.311. The number of hydrogen-bond acceptors (Lipinski definition) is 4. The van der Waals surface area contributed by atoms with E-state index in [2.05, 4.69) is 4.90 Å². The molecule has 0 unspecified atom stereocenters. The first-order valence-corrected chi connectivity index (χ1v) is 6.94. The van der Waals surface area contributed by atoms with Gasteiger partial charge in [0, 0.05) is 32.7 Å². The van der Waals surface area contributed by atoms with Gasteiger partial charge >= 0.3 is 0 Å². The van der Waals surface area contributed by atoms with E-state index < -0.39 is 0 Å². The lowest BCUT2D eigenvalue weighted by Gasteiger charge is -2.35. The predicted octanol–water partition coefficient (Wildman–Crippen LogP) is -0.361. The van der Waals surface area contributed by atoms with Crippen LogP contribution < -0.4 is 5.73 Å². The van der Waals surface area contributed by atoms with E-state index in [1.165, 1.54) is 0 Å². The highest BCUT2D eigenvalue weighted by Crippen LogP contribution is 2.27. The smallest absolute Gasteiger partial charge is 0.236 e. The first-order chi connectivity index (χ1) is 8.54. The molecule has 1 heterocycles. The molecule has 0 bridgehead atoms. The molecule has 1 saturated carbocycles. The molecule has 0 aromatic rings. The summed E-state index contributed by atoms with van der Waals surface area (Å²) in [5.74, 6) is 0.676. The molecule has 0 spiro atoms. The fraction of sp³-hybridized carbons (Fsp3) is 0.923. The van der Waals surface area contributed by atoms with Gasteiger partial charge in [0.15, 0.2) is 0 Å². The van der Waals surface area contributed by atoms with Crippen LogP contribution in [0.5, 0.6) is 0 Å². The second kappa shape index (κ2) is 5.99. The van der Waals surface area contributed by atoms with Gasteiger partial charge in [-0.15, -0.1) is 0 Å². The van der Waals surface area contributed by atoms with Gasteiger partial charge in [-0.05, 0) is 31.6 Å². The number of rotatable bonds is 4. The highest BCUT2D eigenvalue weighted by molar-refractivity contribution is 5.78. The maximum atomic E-state index is 12.0. The molecular formula is C13H25N3O2. The van der Waals surface area contributed by atoms with Gasteiger partial charge in [-0.1, -0.05) is 0 Å². The lowest BCUT2D eigenvalue weighted by atomic mass is 9.82. The van der Waals surface area contributed by atoms with Crippen molar-refractivity contribution in [1.29, 1.82) is 0 Å². The van der Waals surface area contributed by atoms with Crippen molar-refractivity contribution in [2.24, 2.45) is 11.7 Å². The van der Waals surface area contributed by atoms with Crippen molar-refractivity contribution in [2.75, 3.05) is 33.2 Å². The van der Waals surface area contributed by atoms with Gasteiger partial charge in [0.2, 0.25) is 5.91 Å². The normalized spacial score (nSPS) is 29.9. The molecule has 0 atom stereocenters. The molecule has 5 heteroatoms. The fourth-order valence-corrected chi connectivity index (χ4v) is 2.76. The van der Waals surface area contributed by atoms with Crippen molar-refractivity contribution in [3.63, 3.8) is 0 Å². The van der Waals surface area contributed by atoms with Crippen LogP contribution in [0.2, 0.25) is 0 Å². The van der Waals surface area contributed by atoms with Crippen LogP contribution in [0.25, 0.3) is 0 Å².